The molecule has 0 spiro atoms. The van der Waals surface area contributed by atoms with Gasteiger partial charge in [0.1, 0.15) is 6.04 Å². The lowest BCUT2D eigenvalue weighted by Gasteiger charge is -2.18. The zero-order valence-electron chi connectivity index (χ0n) is 10.5. The van der Waals surface area contributed by atoms with E-state index in [0.717, 1.165) is 21.3 Å². The summed E-state index contributed by atoms with van der Waals surface area (Å²) in [6, 6.07) is 12.6. The number of hydrogen-bond donors (Lipinski definition) is 1. The maximum atomic E-state index is 12.3. The second-order valence-corrected chi connectivity index (χ2v) is 6.09. The first kappa shape index (κ1) is 13.6. The van der Waals surface area contributed by atoms with E-state index in [1.165, 1.54) is 0 Å². The molecule has 3 rings (SSSR count). The van der Waals surface area contributed by atoms with Crippen molar-refractivity contribution in [2.45, 2.75) is 12.6 Å². The molecule has 0 fully saturated rings. The van der Waals surface area contributed by atoms with E-state index in [-0.39, 0.29) is 5.91 Å². The quantitative estimate of drug-likeness (QED) is 0.897. The van der Waals surface area contributed by atoms with E-state index in [4.69, 9.17) is 17.3 Å². The van der Waals surface area contributed by atoms with Crippen LogP contribution in [0.4, 0.5) is 5.69 Å². The van der Waals surface area contributed by atoms with Crippen LogP contribution in [0.25, 0.3) is 0 Å². The number of rotatable bonds is 2. The average molecular weight is 352 g/mol. The van der Waals surface area contributed by atoms with Gasteiger partial charge in [0.05, 0.1) is 12.2 Å². The van der Waals surface area contributed by atoms with Crippen molar-refractivity contribution in [3.05, 3.63) is 63.1 Å². The molecule has 1 heterocycles. The van der Waals surface area contributed by atoms with E-state index in [9.17, 15) is 4.79 Å². The van der Waals surface area contributed by atoms with E-state index in [1.54, 1.807) is 4.90 Å². The third-order valence-corrected chi connectivity index (χ3v) is 4.11. The topological polar surface area (TPSA) is 46.3 Å². The third kappa shape index (κ3) is 2.35. The molecule has 0 saturated heterocycles. The predicted molar refractivity (Wildman–Crippen MR) is 83.7 cm³/mol. The van der Waals surface area contributed by atoms with Crippen LogP contribution in [0.15, 0.2) is 46.9 Å². The number of hydrogen-bond acceptors (Lipinski definition) is 2. The van der Waals surface area contributed by atoms with E-state index in [1.807, 2.05) is 42.5 Å². The fraction of sp³-hybridized carbons (Fsp3) is 0.133. The van der Waals surface area contributed by atoms with E-state index >= 15 is 0 Å². The molecule has 1 amide bonds. The van der Waals surface area contributed by atoms with Crippen molar-refractivity contribution in [1.82, 2.24) is 0 Å². The summed E-state index contributed by atoms with van der Waals surface area (Å²) in [4.78, 5) is 14.0. The van der Waals surface area contributed by atoms with Gasteiger partial charge in [0.2, 0.25) is 5.91 Å². The van der Waals surface area contributed by atoms with Gasteiger partial charge in [-0.15, -0.1) is 0 Å². The van der Waals surface area contributed by atoms with Crippen LogP contribution in [0.2, 0.25) is 5.02 Å². The molecule has 0 saturated carbocycles. The molecule has 102 valence electrons. The molecule has 20 heavy (non-hydrogen) atoms. The second kappa shape index (κ2) is 5.20. The van der Waals surface area contributed by atoms with Crippen molar-refractivity contribution in [2.24, 2.45) is 5.73 Å². The first-order chi connectivity index (χ1) is 9.56. The maximum absolute atomic E-state index is 12.3. The average Bonchev–Trinajstić information content (AvgIpc) is 2.64. The number of benzene rings is 2. The minimum atomic E-state index is -0.586. The minimum Gasteiger partial charge on any atom is -0.316 e. The van der Waals surface area contributed by atoms with Gasteiger partial charge >= 0.3 is 0 Å². The van der Waals surface area contributed by atoms with Crippen LogP contribution >= 0.6 is 27.5 Å². The van der Waals surface area contributed by atoms with Gasteiger partial charge in [-0.1, -0.05) is 45.7 Å². The number of nitrogens with two attached hydrogens (primary N) is 1. The zero-order valence-corrected chi connectivity index (χ0v) is 12.9. The fourth-order valence-corrected chi connectivity index (χ4v) is 2.98. The SMILES string of the molecule is NC1C(=O)N(Cc2cccc(Cl)c2)c2cc(Br)ccc21. The summed E-state index contributed by atoms with van der Waals surface area (Å²) >= 11 is 9.41. The lowest BCUT2D eigenvalue weighted by atomic mass is 10.1. The molecule has 0 bridgehead atoms. The van der Waals surface area contributed by atoms with Crippen LogP contribution in [-0.2, 0) is 11.3 Å². The number of fused-ring (bicyclic) bond motifs is 1. The van der Waals surface area contributed by atoms with Crippen molar-refractivity contribution in [2.75, 3.05) is 4.90 Å². The molecule has 2 aromatic carbocycles. The Hall–Kier alpha value is -1.36. The first-order valence-corrected chi connectivity index (χ1v) is 7.34. The molecule has 0 aromatic heterocycles. The van der Waals surface area contributed by atoms with Crippen LogP contribution in [0, 0.1) is 0 Å². The van der Waals surface area contributed by atoms with Crippen molar-refractivity contribution in [3.8, 4) is 0 Å². The Morgan fingerprint density at radius 2 is 2.05 bits per heavy atom. The zero-order chi connectivity index (χ0) is 14.3. The molecule has 1 atom stereocenters. The van der Waals surface area contributed by atoms with Crippen LogP contribution in [-0.4, -0.2) is 5.91 Å². The molecule has 1 aliphatic rings. The van der Waals surface area contributed by atoms with E-state index in [0.29, 0.717) is 11.6 Å². The highest BCUT2D eigenvalue weighted by molar-refractivity contribution is 9.10. The Morgan fingerprint density at radius 3 is 2.80 bits per heavy atom. The normalized spacial score (nSPS) is 17.4. The van der Waals surface area contributed by atoms with Crippen LogP contribution in [0.3, 0.4) is 0 Å². The second-order valence-electron chi connectivity index (χ2n) is 4.74. The van der Waals surface area contributed by atoms with Gasteiger partial charge in [0.25, 0.3) is 0 Å². The first-order valence-electron chi connectivity index (χ1n) is 6.17. The Labute approximate surface area is 130 Å². The number of amides is 1. The van der Waals surface area contributed by atoms with Crippen molar-refractivity contribution in [3.63, 3.8) is 0 Å². The smallest absolute Gasteiger partial charge is 0.248 e. The third-order valence-electron chi connectivity index (χ3n) is 3.38. The Bertz CT molecular complexity index is 689. The molecule has 3 nitrogen and oxygen atoms in total. The molecular weight excluding hydrogens is 340 g/mol. The largest absolute Gasteiger partial charge is 0.316 e. The summed E-state index contributed by atoms with van der Waals surface area (Å²) in [6.07, 6.45) is 0. The molecule has 0 aliphatic carbocycles. The lowest BCUT2D eigenvalue weighted by molar-refractivity contribution is -0.119. The fourth-order valence-electron chi connectivity index (χ4n) is 2.41. The van der Waals surface area contributed by atoms with Gasteiger partial charge in [-0.3, -0.25) is 4.79 Å². The molecule has 2 N–H and O–H groups in total. The molecule has 5 heteroatoms. The summed E-state index contributed by atoms with van der Waals surface area (Å²) in [5, 5.41) is 0.660. The summed E-state index contributed by atoms with van der Waals surface area (Å²) in [5.74, 6) is -0.0851. The number of carbonyl (C=O) groups excluding carboxylic acids is 1. The van der Waals surface area contributed by atoms with Crippen LogP contribution in [0.5, 0.6) is 0 Å². The molecule has 1 unspecified atom stereocenters. The summed E-state index contributed by atoms with van der Waals surface area (Å²) < 4.78 is 0.925. The Balaban J connectivity index is 1.98. The molecule has 2 aromatic rings. The lowest BCUT2D eigenvalue weighted by Crippen LogP contribution is -2.31. The van der Waals surface area contributed by atoms with Crippen molar-refractivity contribution in [1.29, 1.82) is 0 Å². The van der Waals surface area contributed by atoms with Crippen molar-refractivity contribution < 1.29 is 4.79 Å². The molecular formula is C15H12BrClN2O. The highest BCUT2D eigenvalue weighted by Gasteiger charge is 2.34. The number of carbonyl (C=O) groups is 1. The maximum Gasteiger partial charge on any atom is 0.248 e. The standard InChI is InChI=1S/C15H12BrClN2O/c16-10-4-5-12-13(7-10)19(15(20)14(12)18)8-9-2-1-3-11(17)6-9/h1-7,14H,8,18H2. The summed E-state index contributed by atoms with van der Waals surface area (Å²) in [7, 11) is 0. The van der Waals surface area contributed by atoms with Crippen LogP contribution in [0.1, 0.15) is 17.2 Å². The highest BCUT2D eigenvalue weighted by Crippen LogP contribution is 2.37. The van der Waals surface area contributed by atoms with Gasteiger partial charge in [0, 0.05) is 15.1 Å². The predicted octanol–water partition coefficient (Wildman–Crippen LogP) is 3.65. The summed E-state index contributed by atoms with van der Waals surface area (Å²) in [5.41, 5.74) is 8.68. The Kier molecular flexibility index (Phi) is 3.54. The number of anilines is 1. The minimum absolute atomic E-state index is 0.0851. The van der Waals surface area contributed by atoms with Gasteiger partial charge in [-0.05, 0) is 29.8 Å². The van der Waals surface area contributed by atoms with Gasteiger partial charge in [-0.2, -0.15) is 0 Å². The highest BCUT2D eigenvalue weighted by atomic mass is 79.9. The van der Waals surface area contributed by atoms with Gasteiger partial charge < -0.3 is 10.6 Å². The molecule has 1 aliphatic heterocycles. The van der Waals surface area contributed by atoms with E-state index in [2.05, 4.69) is 15.9 Å². The monoisotopic (exact) mass is 350 g/mol. The molecule has 0 radical (unpaired) electrons. The van der Waals surface area contributed by atoms with E-state index < -0.39 is 6.04 Å². The van der Waals surface area contributed by atoms with Crippen molar-refractivity contribution >= 4 is 39.1 Å². The van der Waals surface area contributed by atoms with Crippen LogP contribution < -0.4 is 10.6 Å². The number of nitrogens with zero attached hydrogens (tertiary/aromatic N) is 1. The summed E-state index contributed by atoms with van der Waals surface area (Å²) in [6.45, 7) is 0.469. The number of halogens is 2. The Morgan fingerprint density at radius 1 is 1.25 bits per heavy atom. The van der Waals surface area contributed by atoms with Gasteiger partial charge in [-0.25, -0.2) is 0 Å². The van der Waals surface area contributed by atoms with Gasteiger partial charge in [0.15, 0.2) is 0 Å².